The van der Waals surface area contributed by atoms with Crippen LogP contribution in [0.5, 0.6) is 0 Å². The van der Waals surface area contributed by atoms with Gasteiger partial charge in [0, 0.05) is 6.42 Å². The van der Waals surface area contributed by atoms with Crippen LogP contribution in [0.3, 0.4) is 0 Å². The summed E-state index contributed by atoms with van der Waals surface area (Å²) in [6.07, 6.45) is 3.55. The summed E-state index contributed by atoms with van der Waals surface area (Å²) in [6, 6.07) is 0. The highest BCUT2D eigenvalue weighted by atomic mass is 28.4. The topological polar surface area (TPSA) is 47.9 Å². The van der Waals surface area contributed by atoms with Crippen molar-refractivity contribution in [1.29, 1.82) is 0 Å². The summed E-state index contributed by atoms with van der Waals surface area (Å²) in [7, 11) is -4.02. The molecule has 1 aliphatic heterocycles. The maximum Gasteiger partial charge on any atom is 0.192 e. The largest absolute Gasteiger partial charge is 0.411 e. The molecule has 0 aromatic carbocycles. The van der Waals surface area contributed by atoms with Crippen molar-refractivity contribution in [3.8, 4) is 0 Å². The molecule has 0 amide bonds. The second-order valence-corrected chi connectivity index (χ2v) is 23.1. The Bertz CT molecular complexity index is 685. The lowest BCUT2D eigenvalue weighted by molar-refractivity contribution is -0.175. The summed E-state index contributed by atoms with van der Waals surface area (Å²) in [5.41, 5.74) is 0.0960. The van der Waals surface area contributed by atoms with Crippen molar-refractivity contribution in [2.75, 3.05) is 0 Å². The van der Waals surface area contributed by atoms with Gasteiger partial charge in [-0.3, -0.25) is 0 Å². The van der Waals surface area contributed by atoms with Crippen LogP contribution in [0.25, 0.3) is 0 Å². The Labute approximate surface area is 194 Å². The van der Waals surface area contributed by atoms with Crippen molar-refractivity contribution in [2.24, 2.45) is 0 Å². The fraction of sp³-hybridized carbons (Fsp3) is 0.920. The van der Waals surface area contributed by atoms with Crippen LogP contribution in [0.2, 0.25) is 36.3 Å². The van der Waals surface area contributed by atoms with E-state index in [1.807, 2.05) is 0 Å². The summed E-state index contributed by atoms with van der Waals surface area (Å²) < 4.78 is 20.7. The monoisotopic (exact) mass is 470 g/mol. The van der Waals surface area contributed by atoms with Gasteiger partial charge in [-0.05, 0) is 69.9 Å². The van der Waals surface area contributed by atoms with E-state index in [1.54, 1.807) is 0 Å². The van der Waals surface area contributed by atoms with Gasteiger partial charge >= 0.3 is 0 Å². The Hall–Kier alpha value is 0.0138. The molecular weight excluding hydrogens is 420 g/mol. The fourth-order valence-electron chi connectivity index (χ4n) is 4.27. The molecule has 0 saturated carbocycles. The van der Waals surface area contributed by atoms with Gasteiger partial charge in [0.1, 0.15) is 5.60 Å². The molecule has 1 aliphatic carbocycles. The number of hydrogen-bond donors (Lipinski definition) is 1. The summed E-state index contributed by atoms with van der Waals surface area (Å²) >= 11 is 0. The predicted molar refractivity (Wildman–Crippen MR) is 136 cm³/mol. The molecule has 4 nitrogen and oxygen atoms in total. The molecule has 0 radical (unpaired) electrons. The Morgan fingerprint density at radius 1 is 0.968 bits per heavy atom. The first-order valence-electron chi connectivity index (χ1n) is 12.0. The molecule has 1 fully saturated rings. The van der Waals surface area contributed by atoms with Gasteiger partial charge in [0.05, 0.1) is 23.9 Å². The first-order valence-corrected chi connectivity index (χ1v) is 17.9. The number of rotatable bonds is 5. The van der Waals surface area contributed by atoms with E-state index in [0.717, 1.165) is 6.42 Å². The highest BCUT2D eigenvalue weighted by Crippen LogP contribution is 2.50. The zero-order valence-corrected chi connectivity index (χ0v) is 24.6. The number of aliphatic hydroxyl groups is 1. The molecule has 2 rings (SSSR count). The van der Waals surface area contributed by atoms with Crippen LogP contribution in [0.4, 0.5) is 0 Å². The Morgan fingerprint density at radius 3 is 1.94 bits per heavy atom. The minimum Gasteiger partial charge on any atom is -0.411 e. The van der Waals surface area contributed by atoms with Crippen molar-refractivity contribution >= 4 is 16.6 Å². The van der Waals surface area contributed by atoms with Gasteiger partial charge in [-0.25, -0.2) is 0 Å². The van der Waals surface area contributed by atoms with E-state index < -0.39 is 33.9 Å². The van der Waals surface area contributed by atoms with Crippen molar-refractivity contribution in [3.63, 3.8) is 0 Å². The van der Waals surface area contributed by atoms with E-state index in [-0.39, 0.29) is 22.3 Å². The number of ether oxygens (including phenoxy) is 1. The molecule has 1 spiro atoms. The molecule has 1 unspecified atom stereocenters. The van der Waals surface area contributed by atoms with Crippen molar-refractivity contribution in [3.05, 3.63) is 11.6 Å². The summed E-state index contributed by atoms with van der Waals surface area (Å²) in [6.45, 7) is 29.2. The Balaban J connectivity index is 2.39. The normalized spacial score (nSPS) is 31.3. The van der Waals surface area contributed by atoms with Gasteiger partial charge in [-0.1, -0.05) is 53.2 Å². The molecule has 182 valence electrons. The first kappa shape index (κ1) is 27.3. The van der Waals surface area contributed by atoms with Crippen LogP contribution in [-0.4, -0.2) is 51.3 Å². The second kappa shape index (κ2) is 8.35. The van der Waals surface area contributed by atoms with Gasteiger partial charge in [0.15, 0.2) is 16.6 Å². The van der Waals surface area contributed by atoms with Crippen LogP contribution in [0, 0.1) is 0 Å². The summed E-state index contributed by atoms with van der Waals surface area (Å²) in [4.78, 5) is 0. The zero-order valence-electron chi connectivity index (χ0n) is 22.6. The smallest absolute Gasteiger partial charge is 0.192 e. The van der Waals surface area contributed by atoms with Gasteiger partial charge in [0.2, 0.25) is 0 Å². The van der Waals surface area contributed by atoms with Gasteiger partial charge in [0.25, 0.3) is 0 Å². The Morgan fingerprint density at radius 2 is 1.48 bits per heavy atom. The molecule has 0 aromatic heterocycles. The molecule has 0 aromatic rings. The minimum atomic E-state index is -2.04. The predicted octanol–water partition coefficient (Wildman–Crippen LogP) is 6.81. The lowest BCUT2D eigenvalue weighted by Crippen LogP contribution is -2.57. The zero-order chi connectivity index (χ0) is 24.3. The van der Waals surface area contributed by atoms with Crippen LogP contribution in [-0.2, 0) is 13.6 Å². The van der Waals surface area contributed by atoms with E-state index in [1.165, 1.54) is 5.57 Å². The third-order valence-corrected chi connectivity index (χ3v) is 17.7. The van der Waals surface area contributed by atoms with Crippen LogP contribution in [0.1, 0.15) is 81.6 Å². The quantitative estimate of drug-likeness (QED) is 0.354. The van der Waals surface area contributed by atoms with E-state index in [4.69, 9.17) is 13.6 Å². The molecule has 0 bridgehead atoms. The minimum absolute atomic E-state index is 0.102. The van der Waals surface area contributed by atoms with Gasteiger partial charge in [-0.2, -0.15) is 0 Å². The molecule has 1 heterocycles. The average molecular weight is 471 g/mol. The average Bonchev–Trinajstić information content (AvgIpc) is 2.88. The molecule has 1 saturated heterocycles. The Kier molecular flexibility index (Phi) is 7.34. The third kappa shape index (κ3) is 5.40. The highest BCUT2D eigenvalue weighted by molar-refractivity contribution is 6.74. The van der Waals surface area contributed by atoms with E-state index in [0.29, 0.717) is 12.8 Å². The fourth-order valence-corrected chi connectivity index (χ4v) is 7.38. The molecule has 6 heteroatoms. The second-order valence-electron chi connectivity index (χ2n) is 13.6. The molecule has 4 atom stereocenters. The van der Waals surface area contributed by atoms with Crippen LogP contribution in [0.15, 0.2) is 11.6 Å². The number of hydrogen-bond acceptors (Lipinski definition) is 4. The SMILES string of the molecule is CC1=CC[C@]2(O[C@H](C(C)(C)O[Si](C)(C)C(C)(C)C)C[C@H]2O[Si](C)(C)C(C)(C)C)C(O)C1. The van der Waals surface area contributed by atoms with Gasteiger partial charge < -0.3 is 18.7 Å². The lowest BCUT2D eigenvalue weighted by Gasteiger charge is -2.47. The standard InChI is InChI=1S/C25H50O4Si2/c1-18-14-15-25(19(26)16-18)21(28-30(10,11)22(2,3)4)17-20(27-25)24(8,9)29-31(12,13)23(5,6)7/h14,19-21,26H,15-17H2,1-13H3/t19?,20-,21+,25-/m0/s1. The highest BCUT2D eigenvalue weighted by Gasteiger charge is 2.60. The molecular formula is C25H50O4Si2. The van der Waals surface area contributed by atoms with Crippen molar-refractivity contribution < 1.29 is 18.7 Å². The van der Waals surface area contributed by atoms with E-state index in [2.05, 4.69) is 94.6 Å². The summed E-state index contributed by atoms with van der Waals surface area (Å²) in [5.74, 6) is 0. The van der Waals surface area contributed by atoms with Crippen molar-refractivity contribution in [1.82, 2.24) is 0 Å². The van der Waals surface area contributed by atoms with E-state index >= 15 is 0 Å². The van der Waals surface area contributed by atoms with Crippen LogP contribution < -0.4 is 0 Å². The first-order chi connectivity index (χ1) is 13.6. The van der Waals surface area contributed by atoms with Crippen LogP contribution >= 0.6 is 0 Å². The third-order valence-electron chi connectivity index (χ3n) is 8.53. The lowest BCUT2D eigenvalue weighted by atomic mass is 9.79. The van der Waals surface area contributed by atoms with Gasteiger partial charge in [-0.15, -0.1) is 0 Å². The maximum absolute atomic E-state index is 11.3. The van der Waals surface area contributed by atoms with E-state index in [9.17, 15) is 5.11 Å². The number of aliphatic hydroxyl groups excluding tert-OH is 1. The molecule has 1 N–H and O–H groups in total. The van der Waals surface area contributed by atoms with Crippen molar-refractivity contribution in [2.45, 2.75) is 147 Å². The molecule has 31 heavy (non-hydrogen) atoms. The summed E-state index contributed by atoms with van der Waals surface area (Å²) in [5, 5.41) is 11.5. The molecule has 2 aliphatic rings. The maximum atomic E-state index is 11.3.